The van der Waals surface area contributed by atoms with Crippen LogP contribution < -0.4 is 0 Å². The van der Waals surface area contributed by atoms with Crippen LogP contribution in [-0.2, 0) is 19.2 Å². The summed E-state index contributed by atoms with van der Waals surface area (Å²) < 4.78 is 1.68. The van der Waals surface area contributed by atoms with E-state index in [0.29, 0.717) is 0 Å². The molecule has 0 amide bonds. The number of rotatable bonds is 10. The maximum Gasteiger partial charge on any atom is -0.412 e. The molecular formula is C22H40BaO5. The number of carbonyl (C=O) groups excluding carboxylic acids is 4. The molecule has 160 valence electrons. The van der Waals surface area contributed by atoms with E-state index in [1.165, 1.54) is 0 Å². The topological polar surface area (TPSA) is 99.8 Å². The first-order valence-electron chi connectivity index (χ1n) is 9.94. The first-order valence-corrected chi connectivity index (χ1v) is 16.2. The first-order chi connectivity index (χ1) is 11.8. The third-order valence-corrected chi connectivity index (χ3v) is 15.5. The second kappa shape index (κ2) is 11.0. The number of ketones is 4. The molecule has 0 saturated carbocycles. The Hall–Kier alpha value is 0.211. The van der Waals surface area contributed by atoms with Gasteiger partial charge in [0, 0.05) is 0 Å². The molecule has 0 fully saturated rings. The predicted octanol–water partition coefficient (Wildman–Crippen LogP) is 3.90. The Morgan fingerprint density at radius 3 is 1.00 bits per heavy atom. The molecule has 0 spiro atoms. The van der Waals surface area contributed by atoms with Gasteiger partial charge in [0.2, 0.25) is 0 Å². The van der Waals surface area contributed by atoms with Crippen molar-refractivity contribution in [2.75, 3.05) is 0 Å². The maximum atomic E-state index is 12.6. The van der Waals surface area contributed by atoms with E-state index in [2.05, 4.69) is 0 Å². The number of carbonyl (C=O) groups is 4. The van der Waals surface area contributed by atoms with E-state index in [1.54, 1.807) is 0 Å². The van der Waals surface area contributed by atoms with Crippen LogP contribution >= 0.6 is 0 Å². The van der Waals surface area contributed by atoms with Gasteiger partial charge >= 0.3 is 192 Å². The van der Waals surface area contributed by atoms with Crippen molar-refractivity contribution >= 4 is 67.3 Å². The molecule has 0 atom stereocenters. The van der Waals surface area contributed by atoms with Gasteiger partial charge in [0.15, 0.2) is 0 Å². The van der Waals surface area contributed by atoms with E-state index < -0.39 is 65.8 Å². The molecule has 0 aliphatic rings. The first kappa shape index (κ1) is 30.4. The second-order valence-corrected chi connectivity index (χ2v) is 16.5. The van der Waals surface area contributed by atoms with Gasteiger partial charge in [-0.15, -0.1) is 0 Å². The zero-order chi connectivity index (χ0) is 21.8. The van der Waals surface area contributed by atoms with Crippen LogP contribution in [0.5, 0.6) is 0 Å². The molecule has 2 N–H and O–H groups in total. The standard InChI is InChI=1S/2C11H19O2.Ba.H2O/c2*1-10(2,3)8(12)7-9(13)11(4,5)6;;/h2*1,7H2,2-6H3;;1H2. The van der Waals surface area contributed by atoms with Crippen molar-refractivity contribution in [2.45, 2.75) is 83.9 Å². The van der Waals surface area contributed by atoms with E-state index in [0.717, 1.165) is 1.78 Å². The maximum absolute atomic E-state index is 12.6. The van der Waals surface area contributed by atoms with Gasteiger partial charge in [-0.05, 0) is 0 Å². The molecule has 0 aliphatic heterocycles. The van der Waals surface area contributed by atoms with Crippen molar-refractivity contribution in [3.8, 4) is 0 Å². The van der Waals surface area contributed by atoms with Crippen LogP contribution in [0.4, 0.5) is 0 Å². The van der Waals surface area contributed by atoms with Gasteiger partial charge in [-0.1, -0.05) is 0 Å². The Balaban J connectivity index is 0. The van der Waals surface area contributed by atoms with Crippen LogP contribution in [-0.4, -0.2) is 72.8 Å². The van der Waals surface area contributed by atoms with E-state index in [1.807, 2.05) is 69.2 Å². The summed E-state index contributed by atoms with van der Waals surface area (Å²) >= 11 is -1.51. The zero-order valence-electron chi connectivity index (χ0n) is 19.7. The minimum absolute atomic E-state index is 0. The molecular weight excluding hydrogens is 482 g/mol. The Labute approximate surface area is 195 Å². The average Bonchev–Trinajstić information content (AvgIpc) is 2.44. The molecule has 0 heterocycles. The van der Waals surface area contributed by atoms with Gasteiger partial charge in [-0.2, -0.15) is 0 Å². The third-order valence-electron chi connectivity index (χ3n) is 5.43. The molecule has 5 nitrogen and oxygen atoms in total. The van der Waals surface area contributed by atoms with Crippen molar-refractivity contribution in [3.63, 3.8) is 0 Å². The second-order valence-electron chi connectivity index (χ2n) is 11.2. The van der Waals surface area contributed by atoms with Gasteiger partial charge in [0.1, 0.15) is 0 Å². The fourth-order valence-electron chi connectivity index (χ4n) is 2.55. The number of hydrogen-bond donors (Lipinski definition) is 0. The molecule has 0 aromatic rings. The van der Waals surface area contributed by atoms with Gasteiger partial charge in [0.25, 0.3) is 0 Å². The molecule has 0 rings (SSSR count). The molecule has 0 aliphatic carbocycles. The normalized spacial score (nSPS) is 12.6. The van der Waals surface area contributed by atoms with Crippen molar-refractivity contribution in [1.82, 2.24) is 0 Å². The fraction of sp³-hybridized carbons (Fsp3) is 0.818. The molecule has 0 aromatic heterocycles. The van der Waals surface area contributed by atoms with E-state index in [9.17, 15) is 19.2 Å². The summed E-state index contributed by atoms with van der Waals surface area (Å²) in [5.41, 5.74) is -1.99. The Bertz CT molecular complexity index is 537. The van der Waals surface area contributed by atoms with Crippen molar-refractivity contribution in [2.24, 2.45) is 21.7 Å². The molecule has 6 heteroatoms. The van der Waals surface area contributed by atoms with E-state index in [4.69, 9.17) is 0 Å². The molecule has 0 saturated heterocycles. The van der Waals surface area contributed by atoms with Crippen LogP contribution in [0, 0.1) is 21.7 Å². The Morgan fingerprint density at radius 1 is 0.536 bits per heavy atom. The molecule has 0 aromatic carbocycles. The van der Waals surface area contributed by atoms with Crippen LogP contribution in [0.1, 0.15) is 82.1 Å². The average molecular weight is 522 g/mol. The summed E-state index contributed by atoms with van der Waals surface area (Å²) in [5, 5.41) is 0. The zero-order valence-corrected chi connectivity index (χ0v) is 24.1. The van der Waals surface area contributed by atoms with Gasteiger partial charge in [-0.3, -0.25) is 0 Å². The summed E-state index contributed by atoms with van der Waals surface area (Å²) in [7, 11) is 0. The molecule has 0 bridgehead atoms. The monoisotopic (exact) mass is 522 g/mol. The molecule has 28 heavy (non-hydrogen) atoms. The van der Waals surface area contributed by atoms with Gasteiger partial charge in [0.05, 0.1) is 0 Å². The summed E-state index contributed by atoms with van der Waals surface area (Å²) in [6.07, 6.45) is -0.0144. The summed E-state index contributed by atoms with van der Waals surface area (Å²) in [4.78, 5) is 49.4. The van der Waals surface area contributed by atoms with E-state index in [-0.39, 0.29) is 41.5 Å². The summed E-state index contributed by atoms with van der Waals surface area (Å²) in [6.45, 7) is 18.7. The molecule has 0 radical (unpaired) electrons. The smallest absolute Gasteiger partial charge is 0.412 e. The van der Waals surface area contributed by atoms with Crippen LogP contribution in [0.15, 0.2) is 0 Å². The van der Waals surface area contributed by atoms with Crippen LogP contribution in [0.3, 0.4) is 0 Å². The third kappa shape index (κ3) is 10.3. The Morgan fingerprint density at radius 2 is 0.786 bits per heavy atom. The fourth-order valence-corrected chi connectivity index (χ4v) is 10.4. The van der Waals surface area contributed by atoms with Crippen molar-refractivity contribution in [1.29, 1.82) is 0 Å². The minimum Gasteiger partial charge on any atom is -0.412 e. The summed E-state index contributed by atoms with van der Waals surface area (Å²) in [6, 6.07) is 0. The molecule has 0 unspecified atom stereocenters. The van der Waals surface area contributed by atoms with Crippen molar-refractivity contribution < 1.29 is 24.7 Å². The van der Waals surface area contributed by atoms with Gasteiger partial charge < -0.3 is 5.48 Å². The quantitative estimate of drug-likeness (QED) is 0.321. The van der Waals surface area contributed by atoms with E-state index >= 15 is 0 Å². The Kier molecular flexibility index (Phi) is 12.0. The number of hydrogen-bond acceptors (Lipinski definition) is 4. The minimum atomic E-state index is -1.51. The predicted molar refractivity (Wildman–Crippen MR) is 115 cm³/mol. The summed E-state index contributed by atoms with van der Waals surface area (Å²) in [5.74, 6) is -0.0224. The van der Waals surface area contributed by atoms with Crippen molar-refractivity contribution in [3.05, 3.63) is 0 Å². The largest absolute Gasteiger partial charge is 0.412 e. The SMILES string of the molecule is CC(C)(C)C(=O)CC(=O)C(C)(C)[CH2][Ba][CH2]C(C)(C)C(=O)CC(=O)C(C)(C)C.O. The van der Waals surface area contributed by atoms with Gasteiger partial charge in [-0.25, -0.2) is 0 Å². The van der Waals surface area contributed by atoms with Crippen LogP contribution in [0.2, 0.25) is 1.78 Å². The van der Waals surface area contributed by atoms with Crippen LogP contribution in [0.25, 0.3) is 0 Å². The number of Topliss-reactive ketones (excluding diaryl/α,β-unsaturated/α-hetero) is 4.